The minimum atomic E-state index is 0.596. The maximum atomic E-state index is 6.45. The average molecular weight is 757 g/mol. The molecule has 0 saturated heterocycles. The van der Waals surface area contributed by atoms with Crippen LogP contribution in [0.3, 0.4) is 0 Å². The van der Waals surface area contributed by atoms with Gasteiger partial charge in [-0.3, -0.25) is 0 Å². The standard InChI is InChI=1S/C55H36N2O2/c1-4-13-37(14-5-1)39-23-25-41(26-24-39)46-19-10-11-21-50(46)57(44-31-27-40(28-32-44)38-15-6-2-7-16-38)45-33-29-42(30-34-45)47-20-12-22-51-54(47)48-35-53-49(36-52(48)58-51)56-55(59-53)43-17-8-3-9-18-43/h1-36H. The van der Waals surface area contributed by atoms with Crippen molar-refractivity contribution in [3.05, 3.63) is 218 Å². The van der Waals surface area contributed by atoms with Crippen molar-refractivity contribution in [3.63, 3.8) is 0 Å². The van der Waals surface area contributed by atoms with E-state index in [9.17, 15) is 0 Å². The quantitative estimate of drug-likeness (QED) is 0.155. The molecule has 0 aliphatic heterocycles. The van der Waals surface area contributed by atoms with Crippen LogP contribution >= 0.6 is 0 Å². The van der Waals surface area contributed by atoms with Gasteiger partial charge in [0.2, 0.25) is 5.89 Å². The highest BCUT2D eigenvalue weighted by molar-refractivity contribution is 6.15. The van der Waals surface area contributed by atoms with Gasteiger partial charge < -0.3 is 13.7 Å². The van der Waals surface area contributed by atoms with Crippen LogP contribution < -0.4 is 4.90 Å². The Morgan fingerprint density at radius 2 is 0.831 bits per heavy atom. The number of hydrogen-bond acceptors (Lipinski definition) is 4. The third-order valence-corrected chi connectivity index (χ3v) is 11.1. The van der Waals surface area contributed by atoms with Gasteiger partial charge in [0.25, 0.3) is 0 Å². The number of benzene rings is 9. The fourth-order valence-corrected chi connectivity index (χ4v) is 8.23. The van der Waals surface area contributed by atoms with Crippen molar-refractivity contribution < 1.29 is 8.83 Å². The fraction of sp³-hybridized carbons (Fsp3) is 0. The van der Waals surface area contributed by atoms with Gasteiger partial charge in [-0.05, 0) is 93.5 Å². The van der Waals surface area contributed by atoms with Crippen molar-refractivity contribution in [1.82, 2.24) is 4.98 Å². The summed E-state index contributed by atoms with van der Waals surface area (Å²) in [5, 5.41) is 2.04. The first-order valence-electron chi connectivity index (χ1n) is 19.9. The Morgan fingerprint density at radius 3 is 1.47 bits per heavy atom. The zero-order valence-electron chi connectivity index (χ0n) is 32.0. The van der Waals surface area contributed by atoms with Crippen LogP contribution in [0, 0.1) is 0 Å². The number of para-hydroxylation sites is 1. The zero-order valence-corrected chi connectivity index (χ0v) is 32.0. The third kappa shape index (κ3) is 6.34. The van der Waals surface area contributed by atoms with Crippen molar-refractivity contribution in [3.8, 4) is 56.0 Å². The van der Waals surface area contributed by atoms with E-state index in [0.717, 1.165) is 77.9 Å². The monoisotopic (exact) mass is 756 g/mol. The Kier molecular flexibility index (Phi) is 8.45. The molecule has 4 heteroatoms. The van der Waals surface area contributed by atoms with E-state index in [2.05, 4.69) is 181 Å². The summed E-state index contributed by atoms with van der Waals surface area (Å²) in [5.74, 6) is 0.596. The molecule has 0 aliphatic rings. The summed E-state index contributed by atoms with van der Waals surface area (Å²) in [4.78, 5) is 7.15. The fourth-order valence-electron chi connectivity index (χ4n) is 8.23. The van der Waals surface area contributed by atoms with Gasteiger partial charge in [-0.15, -0.1) is 0 Å². The molecular weight excluding hydrogens is 721 g/mol. The highest BCUT2D eigenvalue weighted by atomic mass is 16.4. The predicted octanol–water partition coefficient (Wildman–Crippen LogP) is 15.5. The van der Waals surface area contributed by atoms with Crippen molar-refractivity contribution in [2.45, 2.75) is 0 Å². The Hall–Kier alpha value is -7.95. The average Bonchev–Trinajstić information content (AvgIpc) is 3.91. The molecule has 2 heterocycles. The van der Waals surface area contributed by atoms with Crippen LogP contribution in [0.1, 0.15) is 0 Å². The summed E-state index contributed by atoms with van der Waals surface area (Å²) in [5.41, 5.74) is 16.5. The number of oxazole rings is 1. The molecule has 0 fully saturated rings. The van der Waals surface area contributed by atoms with Crippen LogP contribution in [0.4, 0.5) is 17.1 Å². The molecule has 2 aromatic heterocycles. The molecule has 0 saturated carbocycles. The molecule has 0 aliphatic carbocycles. The van der Waals surface area contributed by atoms with E-state index in [0.29, 0.717) is 5.89 Å². The van der Waals surface area contributed by atoms with Crippen molar-refractivity contribution in [2.24, 2.45) is 0 Å². The first kappa shape index (κ1) is 34.3. The Labute approximate surface area is 341 Å². The first-order valence-corrected chi connectivity index (χ1v) is 19.9. The molecule has 11 aromatic rings. The molecule has 0 spiro atoms. The first-order chi connectivity index (χ1) is 29.2. The van der Waals surface area contributed by atoms with Gasteiger partial charge in [0, 0.05) is 39.3 Å². The van der Waals surface area contributed by atoms with Crippen LogP contribution in [-0.2, 0) is 0 Å². The molecular formula is C55H36N2O2. The second kappa shape index (κ2) is 14.5. The summed E-state index contributed by atoms with van der Waals surface area (Å²) in [6.45, 7) is 0. The summed E-state index contributed by atoms with van der Waals surface area (Å²) in [7, 11) is 0. The van der Waals surface area contributed by atoms with Crippen LogP contribution in [0.2, 0.25) is 0 Å². The van der Waals surface area contributed by atoms with Crippen molar-refractivity contribution >= 4 is 50.1 Å². The van der Waals surface area contributed by atoms with Gasteiger partial charge in [-0.1, -0.05) is 158 Å². The van der Waals surface area contributed by atoms with Crippen LogP contribution in [0.15, 0.2) is 227 Å². The third-order valence-electron chi connectivity index (χ3n) is 11.1. The number of furan rings is 1. The highest BCUT2D eigenvalue weighted by Gasteiger charge is 2.20. The lowest BCUT2D eigenvalue weighted by Crippen LogP contribution is -2.11. The van der Waals surface area contributed by atoms with Crippen molar-refractivity contribution in [1.29, 1.82) is 0 Å². The smallest absolute Gasteiger partial charge is 0.227 e. The van der Waals surface area contributed by atoms with E-state index in [1.165, 1.54) is 22.3 Å². The summed E-state index contributed by atoms with van der Waals surface area (Å²) in [6.07, 6.45) is 0. The van der Waals surface area contributed by atoms with Crippen LogP contribution in [0.25, 0.3) is 89.0 Å². The molecule has 0 amide bonds. The minimum Gasteiger partial charge on any atom is -0.456 e. The number of aromatic nitrogens is 1. The summed E-state index contributed by atoms with van der Waals surface area (Å²) in [6, 6.07) is 76.6. The number of nitrogens with zero attached hydrogens (tertiary/aromatic N) is 2. The van der Waals surface area contributed by atoms with E-state index in [1.54, 1.807) is 0 Å². The molecule has 0 atom stereocenters. The summed E-state index contributed by atoms with van der Waals surface area (Å²) >= 11 is 0. The molecule has 0 radical (unpaired) electrons. The van der Waals surface area contributed by atoms with Crippen molar-refractivity contribution in [2.75, 3.05) is 4.90 Å². The molecule has 9 aromatic carbocycles. The van der Waals surface area contributed by atoms with E-state index in [4.69, 9.17) is 13.8 Å². The van der Waals surface area contributed by atoms with E-state index in [1.807, 2.05) is 42.5 Å². The van der Waals surface area contributed by atoms with E-state index >= 15 is 0 Å². The van der Waals surface area contributed by atoms with Gasteiger partial charge in [0.1, 0.15) is 16.7 Å². The molecule has 4 nitrogen and oxygen atoms in total. The Morgan fingerprint density at radius 1 is 0.339 bits per heavy atom. The maximum Gasteiger partial charge on any atom is 0.227 e. The molecule has 59 heavy (non-hydrogen) atoms. The molecule has 11 rings (SSSR count). The Bertz CT molecular complexity index is 3220. The largest absolute Gasteiger partial charge is 0.456 e. The van der Waals surface area contributed by atoms with Gasteiger partial charge in [0.15, 0.2) is 5.58 Å². The molecule has 0 N–H and O–H groups in total. The number of hydrogen-bond donors (Lipinski definition) is 0. The normalized spacial score (nSPS) is 11.4. The highest BCUT2D eigenvalue weighted by Crippen LogP contribution is 2.44. The van der Waals surface area contributed by atoms with E-state index in [-0.39, 0.29) is 0 Å². The zero-order chi connectivity index (χ0) is 39.1. The van der Waals surface area contributed by atoms with E-state index < -0.39 is 0 Å². The Balaban J connectivity index is 1.01. The molecule has 278 valence electrons. The van der Waals surface area contributed by atoms with Crippen LogP contribution in [0.5, 0.6) is 0 Å². The minimum absolute atomic E-state index is 0.596. The van der Waals surface area contributed by atoms with Gasteiger partial charge in [0.05, 0.1) is 5.69 Å². The van der Waals surface area contributed by atoms with Crippen LogP contribution in [-0.4, -0.2) is 4.98 Å². The van der Waals surface area contributed by atoms with Gasteiger partial charge in [-0.2, -0.15) is 0 Å². The summed E-state index contributed by atoms with van der Waals surface area (Å²) < 4.78 is 12.7. The maximum absolute atomic E-state index is 6.45. The number of rotatable bonds is 8. The lowest BCUT2D eigenvalue weighted by molar-refractivity contribution is 0.620. The van der Waals surface area contributed by atoms with Gasteiger partial charge in [-0.25, -0.2) is 4.98 Å². The second-order valence-corrected chi connectivity index (χ2v) is 14.7. The van der Waals surface area contributed by atoms with Gasteiger partial charge >= 0.3 is 0 Å². The second-order valence-electron chi connectivity index (χ2n) is 14.7. The number of fused-ring (bicyclic) bond motifs is 4. The topological polar surface area (TPSA) is 42.4 Å². The molecule has 0 bridgehead atoms. The molecule has 0 unspecified atom stereocenters. The SMILES string of the molecule is c1ccc(-c2ccc(-c3ccccc3N(c3ccc(-c4ccccc4)cc3)c3ccc(-c4cccc5oc6cc7nc(-c8ccccc8)oc7cc6c45)cc3)cc2)cc1. The lowest BCUT2D eigenvalue weighted by atomic mass is 9.97. The number of anilines is 3. The lowest BCUT2D eigenvalue weighted by Gasteiger charge is -2.28. The predicted molar refractivity (Wildman–Crippen MR) is 243 cm³/mol.